The summed E-state index contributed by atoms with van der Waals surface area (Å²) in [6.07, 6.45) is 0.908. The normalized spacial score (nSPS) is 10.8. The smallest absolute Gasteiger partial charge is 0.238 e. The Kier molecular flexibility index (Phi) is 7.56. The van der Waals surface area contributed by atoms with Crippen LogP contribution in [0.5, 0.6) is 5.75 Å². The van der Waals surface area contributed by atoms with Crippen molar-refractivity contribution in [3.05, 3.63) is 58.1 Å². The molecule has 0 saturated heterocycles. The second kappa shape index (κ2) is 9.66. The molecule has 0 aromatic heterocycles. The minimum absolute atomic E-state index is 0.117. The van der Waals surface area contributed by atoms with Gasteiger partial charge in [-0.1, -0.05) is 54.4 Å². The van der Waals surface area contributed by atoms with E-state index in [9.17, 15) is 4.79 Å². The van der Waals surface area contributed by atoms with Crippen molar-refractivity contribution in [2.45, 2.75) is 19.9 Å². The van der Waals surface area contributed by atoms with Gasteiger partial charge in [-0.05, 0) is 37.2 Å². The number of nitrogens with one attached hydrogen (secondary N) is 1. The molecule has 6 heteroatoms. The van der Waals surface area contributed by atoms with E-state index >= 15 is 0 Å². The van der Waals surface area contributed by atoms with Crippen LogP contribution in [0.1, 0.15) is 18.9 Å². The minimum atomic E-state index is -0.117. The monoisotopic (exact) mass is 380 g/mol. The van der Waals surface area contributed by atoms with Gasteiger partial charge in [0.25, 0.3) is 0 Å². The van der Waals surface area contributed by atoms with E-state index < -0.39 is 0 Å². The van der Waals surface area contributed by atoms with Crippen LogP contribution in [-0.2, 0) is 11.3 Å². The Bertz CT molecular complexity index is 722. The maximum Gasteiger partial charge on any atom is 0.238 e. The number of para-hydroxylation sites is 2. The maximum absolute atomic E-state index is 12.3. The fourth-order valence-electron chi connectivity index (χ4n) is 2.36. The summed E-state index contributed by atoms with van der Waals surface area (Å²) in [5, 5.41) is 3.93. The Balaban J connectivity index is 1.95. The molecular formula is C19H22Cl2N2O2. The summed E-state index contributed by atoms with van der Waals surface area (Å²) in [6.45, 7) is 3.41. The van der Waals surface area contributed by atoms with E-state index in [0.29, 0.717) is 34.6 Å². The van der Waals surface area contributed by atoms with E-state index in [-0.39, 0.29) is 12.5 Å². The quantitative estimate of drug-likeness (QED) is 0.711. The molecule has 0 radical (unpaired) electrons. The molecule has 0 atom stereocenters. The Hall–Kier alpha value is -1.75. The molecule has 0 unspecified atom stereocenters. The number of hydrogen-bond donors (Lipinski definition) is 1. The summed E-state index contributed by atoms with van der Waals surface area (Å²) < 4.78 is 5.66. The van der Waals surface area contributed by atoms with Gasteiger partial charge in [0.1, 0.15) is 5.75 Å². The number of nitrogens with zero attached hydrogens (tertiary/aromatic N) is 1. The third-order valence-electron chi connectivity index (χ3n) is 3.51. The highest BCUT2D eigenvalue weighted by atomic mass is 35.5. The van der Waals surface area contributed by atoms with Gasteiger partial charge in [-0.15, -0.1) is 0 Å². The summed E-state index contributed by atoms with van der Waals surface area (Å²) in [7, 11) is 1.86. The van der Waals surface area contributed by atoms with Crippen molar-refractivity contribution in [1.82, 2.24) is 4.90 Å². The first-order valence-electron chi connectivity index (χ1n) is 8.14. The predicted octanol–water partition coefficient (Wildman–Crippen LogP) is 4.85. The lowest BCUT2D eigenvalue weighted by molar-refractivity contribution is -0.117. The highest BCUT2D eigenvalue weighted by Crippen LogP contribution is 2.26. The van der Waals surface area contributed by atoms with Crippen LogP contribution in [0, 0.1) is 0 Å². The SMILES string of the molecule is CCCOc1ccccc1NC(=O)CN(C)Cc1cccc(Cl)c1Cl. The van der Waals surface area contributed by atoms with Crippen LogP contribution in [0.15, 0.2) is 42.5 Å². The number of rotatable bonds is 8. The fourth-order valence-corrected chi connectivity index (χ4v) is 2.74. The Morgan fingerprint density at radius 2 is 1.92 bits per heavy atom. The molecule has 134 valence electrons. The first kappa shape index (κ1) is 19.6. The molecule has 0 heterocycles. The fraction of sp³-hybridized carbons (Fsp3) is 0.316. The number of hydrogen-bond acceptors (Lipinski definition) is 3. The van der Waals surface area contributed by atoms with Crippen LogP contribution in [0.2, 0.25) is 10.0 Å². The topological polar surface area (TPSA) is 41.6 Å². The van der Waals surface area contributed by atoms with Gasteiger partial charge < -0.3 is 10.1 Å². The van der Waals surface area contributed by atoms with E-state index in [1.165, 1.54) is 0 Å². The van der Waals surface area contributed by atoms with Crippen molar-refractivity contribution >= 4 is 34.8 Å². The van der Waals surface area contributed by atoms with Crippen molar-refractivity contribution < 1.29 is 9.53 Å². The number of ether oxygens (including phenoxy) is 1. The van der Waals surface area contributed by atoms with Crippen LogP contribution >= 0.6 is 23.2 Å². The molecule has 1 N–H and O–H groups in total. The van der Waals surface area contributed by atoms with Crippen LogP contribution in [0.3, 0.4) is 0 Å². The van der Waals surface area contributed by atoms with Gasteiger partial charge >= 0.3 is 0 Å². The van der Waals surface area contributed by atoms with E-state index in [2.05, 4.69) is 5.32 Å². The number of carbonyl (C=O) groups excluding carboxylic acids is 1. The van der Waals surface area contributed by atoms with Crippen molar-refractivity contribution in [3.63, 3.8) is 0 Å². The molecule has 0 aliphatic heterocycles. The van der Waals surface area contributed by atoms with E-state index in [0.717, 1.165) is 12.0 Å². The molecule has 0 aliphatic carbocycles. The molecule has 0 saturated carbocycles. The Labute approximate surface area is 158 Å². The number of halogens is 2. The predicted molar refractivity (Wildman–Crippen MR) is 104 cm³/mol. The van der Waals surface area contributed by atoms with Crippen molar-refractivity contribution in [2.75, 3.05) is 25.5 Å². The van der Waals surface area contributed by atoms with Crippen LogP contribution in [0.25, 0.3) is 0 Å². The number of amides is 1. The molecule has 2 rings (SSSR count). The molecule has 2 aromatic rings. The second-order valence-electron chi connectivity index (χ2n) is 5.78. The summed E-state index contributed by atoms with van der Waals surface area (Å²) in [6, 6.07) is 12.9. The van der Waals surface area contributed by atoms with Crippen molar-refractivity contribution in [3.8, 4) is 5.75 Å². The van der Waals surface area contributed by atoms with E-state index in [1.807, 2.05) is 55.3 Å². The summed E-state index contributed by atoms with van der Waals surface area (Å²) in [5.74, 6) is 0.562. The minimum Gasteiger partial charge on any atom is -0.491 e. The summed E-state index contributed by atoms with van der Waals surface area (Å²) in [5.41, 5.74) is 1.56. The maximum atomic E-state index is 12.3. The van der Waals surface area contributed by atoms with E-state index in [4.69, 9.17) is 27.9 Å². The zero-order chi connectivity index (χ0) is 18.2. The molecule has 25 heavy (non-hydrogen) atoms. The van der Waals surface area contributed by atoms with Gasteiger partial charge in [0.05, 0.1) is 28.9 Å². The number of likely N-dealkylation sites (N-methyl/N-ethyl adjacent to an activating group) is 1. The Morgan fingerprint density at radius 3 is 2.68 bits per heavy atom. The van der Waals surface area contributed by atoms with Gasteiger partial charge in [0.2, 0.25) is 5.91 Å². The first-order chi connectivity index (χ1) is 12.0. The second-order valence-corrected chi connectivity index (χ2v) is 6.56. The lowest BCUT2D eigenvalue weighted by Gasteiger charge is -2.18. The lowest BCUT2D eigenvalue weighted by Crippen LogP contribution is -2.30. The average Bonchev–Trinajstić information content (AvgIpc) is 2.58. The molecule has 4 nitrogen and oxygen atoms in total. The van der Waals surface area contributed by atoms with Crippen molar-refractivity contribution in [2.24, 2.45) is 0 Å². The third kappa shape index (κ3) is 5.92. The molecule has 0 bridgehead atoms. The van der Waals surface area contributed by atoms with Crippen LogP contribution in [-0.4, -0.2) is 31.0 Å². The van der Waals surface area contributed by atoms with Crippen LogP contribution in [0.4, 0.5) is 5.69 Å². The first-order valence-corrected chi connectivity index (χ1v) is 8.90. The molecule has 0 aliphatic rings. The number of carbonyl (C=O) groups is 1. The van der Waals surface area contributed by atoms with E-state index in [1.54, 1.807) is 6.07 Å². The molecular weight excluding hydrogens is 359 g/mol. The van der Waals surface area contributed by atoms with Crippen LogP contribution < -0.4 is 10.1 Å². The summed E-state index contributed by atoms with van der Waals surface area (Å²) in [4.78, 5) is 14.2. The highest BCUT2D eigenvalue weighted by molar-refractivity contribution is 6.42. The molecule has 0 spiro atoms. The van der Waals surface area contributed by atoms with Gasteiger partial charge in [0.15, 0.2) is 0 Å². The highest BCUT2D eigenvalue weighted by Gasteiger charge is 2.12. The Morgan fingerprint density at radius 1 is 1.16 bits per heavy atom. The van der Waals surface area contributed by atoms with Gasteiger partial charge in [-0.3, -0.25) is 9.69 Å². The molecule has 1 amide bonds. The van der Waals surface area contributed by atoms with Gasteiger partial charge in [-0.25, -0.2) is 0 Å². The molecule has 2 aromatic carbocycles. The number of benzene rings is 2. The van der Waals surface area contributed by atoms with Gasteiger partial charge in [-0.2, -0.15) is 0 Å². The van der Waals surface area contributed by atoms with Gasteiger partial charge in [0, 0.05) is 6.54 Å². The standard InChI is InChI=1S/C19H22Cl2N2O2/c1-3-11-25-17-10-5-4-9-16(17)22-18(24)13-23(2)12-14-7-6-8-15(20)19(14)21/h4-10H,3,11-13H2,1-2H3,(H,22,24). The average molecular weight is 381 g/mol. The molecule has 0 fully saturated rings. The number of anilines is 1. The zero-order valence-electron chi connectivity index (χ0n) is 14.4. The van der Waals surface area contributed by atoms with Crippen molar-refractivity contribution in [1.29, 1.82) is 0 Å². The third-order valence-corrected chi connectivity index (χ3v) is 4.37. The summed E-state index contributed by atoms with van der Waals surface area (Å²) >= 11 is 12.2. The largest absolute Gasteiger partial charge is 0.491 e. The lowest BCUT2D eigenvalue weighted by atomic mass is 10.2. The zero-order valence-corrected chi connectivity index (χ0v) is 15.9.